The number of nitrogens with one attached hydrogen (secondary N) is 2. The van der Waals surface area contributed by atoms with Gasteiger partial charge in [-0.05, 0) is 35.0 Å². The first-order valence-corrected chi connectivity index (χ1v) is 5.87. The number of anilines is 1. The highest BCUT2D eigenvalue weighted by Crippen LogP contribution is 2.28. The lowest BCUT2D eigenvalue weighted by molar-refractivity contribution is 0.908. The third kappa shape index (κ3) is 2.16. The van der Waals surface area contributed by atoms with Crippen molar-refractivity contribution in [3.63, 3.8) is 0 Å². The highest BCUT2D eigenvalue weighted by molar-refractivity contribution is 9.11. The van der Waals surface area contributed by atoms with Crippen LogP contribution >= 0.6 is 27.3 Å². The number of aromatic amines is 1. The second-order valence-electron chi connectivity index (χ2n) is 2.99. The highest BCUT2D eigenvalue weighted by Gasteiger charge is 2.07. The molecule has 0 bridgehead atoms. The molecule has 14 heavy (non-hydrogen) atoms. The number of thiophene rings is 1. The molecule has 1 atom stereocenters. The van der Waals surface area contributed by atoms with Crippen LogP contribution in [0.3, 0.4) is 0 Å². The first-order chi connectivity index (χ1) is 6.75. The predicted molar refractivity (Wildman–Crippen MR) is 62.6 cm³/mol. The Morgan fingerprint density at radius 1 is 1.57 bits per heavy atom. The second kappa shape index (κ2) is 4.14. The number of nitrogens with zero attached hydrogens (tertiary/aromatic N) is 1. The van der Waals surface area contributed by atoms with Gasteiger partial charge >= 0.3 is 0 Å². The Labute approximate surface area is 94.7 Å². The summed E-state index contributed by atoms with van der Waals surface area (Å²) in [6.07, 6.45) is 3.62. The lowest BCUT2D eigenvalue weighted by Crippen LogP contribution is -2.03. The van der Waals surface area contributed by atoms with Gasteiger partial charge in [-0.15, -0.1) is 11.3 Å². The molecule has 1 unspecified atom stereocenters. The Bertz CT molecular complexity index is 396. The van der Waals surface area contributed by atoms with Crippen molar-refractivity contribution >= 4 is 33.0 Å². The van der Waals surface area contributed by atoms with Crippen molar-refractivity contribution in [2.45, 2.75) is 13.0 Å². The Morgan fingerprint density at radius 3 is 3.00 bits per heavy atom. The molecular weight excluding hydrogens is 262 g/mol. The molecule has 0 spiro atoms. The average molecular weight is 272 g/mol. The monoisotopic (exact) mass is 271 g/mol. The molecule has 5 heteroatoms. The van der Waals surface area contributed by atoms with Gasteiger partial charge in [0.2, 0.25) is 0 Å². The minimum absolute atomic E-state index is 0.309. The van der Waals surface area contributed by atoms with Crippen LogP contribution < -0.4 is 5.32 Å². The molecule has 0 aromatic carbocycles. The van der Waals surface area contributed by atoms with E-state index in [0.717, 1.165) is 9.47 Å². The zero-order chi connectivity index (χ0) is 9.97. The minimum atomic E-state index is 0.309. The topological polar surface area (TPSA) is 40.7 Å². The summed E-state index contributed by atoms with van der Waals surface area (Å²) < 4.78 is 1.16. The summed E-state index contributed by atoms with van der Waals surface area (Å²) in [4.78, 5) is 1.30. The van der Waals surface area contributed by atoms with E-state index in [1.165, 1.54) is 4.88 Å². The maximum Gasteiger partial charge on any atom is 0.0728 e. The summed E-state index contributed by atoms with van der Waals surface area (Å²) in [5.41, 5.74) is 1.02. The zero-order valence-electron chi connectivity index (χ0n) is 7.62. The number of rotatable bonds is 3. The standard InChI is InChI=1S/C9H10BrN3S/c1-6(8-2-3-9(10)14-8)13-7-4-11-12-5-7/h2-6,13H,1H3,(H,11,12). The Morgan fingerprint density at radius 2 is 2.43 bits per heavy atom. The van der Waals surface area contributed by atoms with Gasteiger partial charge in [0, 0.05) is 11.1 Å². The van der Waals surface area contributed by atoms with Crippen LogP contribution in [0.1, 0.15) is 17.8 Å². The van der Waals surface area contributed by atoms with Crippen LogP contribution in [0, 0.1) is 0 Å². The first kappa shape index (κ1) is 9.73. The maximum atomic E-state index is 3.88. The van der Waals surface area contributed by atoms with E-state index in [4.69, 9.17) is 0 Å². The molecule has 0 aliphatic heterocycles. The van der Waals surface area contributed by atoms with Crippen molar-refractivity contribution in [1.82, 2.24) is 10.2 Å². The van der Waals surface area contributed by atoms with Gasteiger partial charge in [-0.2, -0.15) is 5.10 Å². The fourth-order valence-corrected chi connectivity index (χ4v) is 2.64. The molecule has 0 radical (unpaired) electrons. The molecular formula is C9H10BrN3S. The van der Waals surface area contributed by atoms with Crippen molar-refractivity contribution in [2.24, 2.45) is 0 Å². The van der Waals surface area contributed by atoms with E-state index in [2.05, 4.69) is 50.5 Å². The normalized spacial score (nSPS) is 12.7. The molecule has 3 nitrogen and oxygen atoms in total. The third-order valence-electron chi connectivity index (χ3n) is 1.90. The van der Waals surface area contributed by atoms with Crippen LogP contribution in [0.15, 0.2) is 28.3 Å². The fourth-order valence-electron chi connectivity index (χ4n) is 1.21. The molecule has 0 amide bonds. The Kier molecular flexibility index (Phi) is 2.88. The van der Waals surface area contributed by atoms with Gasteiger partial charge in [-0.3, -0.25) is 5.10 Å². The molecule has 2 heterocycles. The number of halogens is 1. The number of hydrogen-bond acceptors (Lipinski definition) is 3. The van der Waals surface area contributed by atoms with E-state index in [-0.39, 0.29) is 0 Å². The SMILES string of the molecule is CC(Nc1cn[nH]c1)c1ccc(Br)s1. The molecule has 0 aliphatic carbocycles. The van der Waals surface area contributed by atoms with Gasteiger partial charge in [0.05, 0.1) is 21.7 Å². The van der Waals surface area contributed by atoms with Crippen LogP contribution in [0.25, 0.3) is 0 Å². The first-order valence-electron chi connectivity index (χ1n) is 4.26. The van der Waals surface area contributed by atoms with Crippen molar-refractivity contribution in [2.75, 3.05) is 5.32 Å². The van der Waals surface area contributed by atoms with Gasteiger partial charge < -0.3 is 5.32 Å². The molecule has 2 N–H and O–H groups in total. The molecule has 2 aromatic rings. The van der Waals surface area contributed by atoms with Gasteiger partial charge in [-0.25, -0.2) is 0 Å². The van der Waals surface area contributed by atoms with E-state index in [9.17, 15) is 0 Å². The lowest BCUT2D eigenvalue weighted by Gasteiger charge is -2.10. The van der Waals surface area contributed by atoms with E-state index < -0.39 is 0 Å². The summed E-state index contributed by atoms with van der Waals surface area (Å²) >= 11 is 5.19. The minimum Gasteiger partial charge on any atom is -0.375 e. The lowest BCUT2D eigenvalue weighted by atomic mass is 10.3. The smallest absolute Gasteiger partial charge is 0.0728 e. The van der Waals surface area contributed by atoms with Crippen LogP contribution in [0.2, 0.25) is 0 Å². The van der Waals surface area contributed by atoms with Crippen molar-refractivity contribution in [3.8, 4) is 0 Å². The predicted octanol–water partition coefficient (Wildman–Crippen LogP) is 3.41. The highest BCUT2D eigenvalue weighted by atomic mass is 79.9. The van der Waals surface area contributed by atoms with Crippen LogP contribution in [0.4, 0.5) is 5.69 Å². The summed E-state index contributed by atoms with van der Waals surface area (Å²) in [6, 6.07) is 4.49. The molecule has 74 valence electrons. The summed E-state index contributed by atoms with van der Waals surface area (Å²) in [6.45, 7) is 2.13. The molecule has 2 rings (SSSR count). The van der Waals surface area contributed by atoms with E-state index in [1.807, 2.05) is 6.20 Å². The Balaban J connectivity index is 2.06. The van der Waals surface area contributed by atoms with E-state index >= 15 is 0 Å². The fraction of sp³-hybridized carbons (Fsp3) is 0.222. The Hall–Kier alpha value is -0.810. The number of H-pyrrole nitrogens is 1. The molecule has 2 aromatic heterocycles. The van der Waals surface area contributed by atoms with Crippen molar-refractivity contribution in [1.29, 1.82) is 0 Å². The van der Waals surface area contributed by atoms with Gasteiger partial charge in [0.1, 0.15) is 0 Å². The summed E-state index contributed by atoms with van der Waals surface area (Å²) in [5, 5.41) is 10.0. The molecule has 0 saturated heterocycles. The third-order valence-corrected chi connectivity index (χ3v) is 3.71. The van der Waals surface area contributed by atoms with Crippen LogP contribution in [0.5, 0.6) is 0 Å². The largest absolute Gasteiger partial charge is 0.375 e. The van der Waals surface area contributed by atoms with E-state index in [1.54, 1.807) is 17.5 Å². The molecule has 0 saturated carbocycles. The number of hydrogen-bond donors (Lipinski definition) is 2. The molecule has 0 fully saturated rings. The van der Waals surface area contributed by atoms with Crippen molar-refractivity contribution in [3.05, 3.63) is 33.2 Å². The van der Waals surface area contributed by atoms with Crippen LogP contribution in [-0.2, 0) is 0 Å². The van der Waals surface area contributed by atoms with Gasteiger partial charge in [0.25, 0.3) is 0 Å². The zero-order valence-corrected chi connectivity index (χ0v) is 10.0. The maximum absolute atomic E-state index is 3.88. The number of aromatic nitrogens is 2. The average Bonchev–Trinajstić information content (AvgIpc) is 2.75. The quantitative estimate of drug-likeness (QED) is 0.899. The second-order valence-corrected chi connectivity index (χ2v) is 5.49. The van der Waals surface area contributed by atoms with Gasteiger partial charge in [0.15, 0.2) is 0 Å². The summed E-state index contributed by atoms with van der Waals surface area (Å²) in [7, 11) is 0. The van der Waals surface area contributed by atoms with Gasteiger partial charge in [-0.1, -0.05) is 0 Å². The molecule has 0 aliphatic rings. The van der Waals surface area contributed by atoms with Crippen LogP contribution in [-0.4, -0.2) is 10.2 Å². The van der Waals surface area contributed by atoms with E-state index in [0.29, 0.717) is 6.04 Å². The summed E-state index contributed by atoms with van der Waals surface area (Å²) in [5.74, 6) is 0. The van der Waals surface area contributed by atoms with Crippen molar-refractivity contribution < 1.29 is 0 Å².